The SMILES string of the molecule is O=C(CCc1ccc2[nH]ccc2c1)NCCN1CCS(=O)(=O)CC1. The maximum atomic E-state index is 11.9. The highest BCUT2D eigenvalue weighted by Gasteiger charge is 2.20. The molecule has 2 aromatic rings. The van der Waals surface area contributed by atoms with E-state index in [9.17, 15) is 13.2 Å². The third kappa shape index (κ3) is 4.58. The van der Waals surface area contributed by atoms with Gasteiger partial charge < -0.3 is 10.3 Å². The van der Waals surface area contributed by atoms with Gasteiger partial charge in [-0.25, -0.2) is 8.42 Å². The summed E-state index contributed by atoms with van der Waals surface area (Å²) < 4.78 is 22.7. The number of carbonyl (C=O) groups is 1. The summed E-state index contributed by atoms with van der Waals surface area (Å²) in [6, 6.07) is 8.21. The van der Waals surface area contributed by atoms with Gasteiger partial charge in [-0.2, -0.15) is 0 Å². The van der Waals surface area contributed by atoms with E-state index in [4.69, 9.17) is 0 Å². The molecule has 0 spiro atoms. The lowest BCUT2D eigenvalue weighted by molar-refractivity contribution is -0.121. The van der Waals surface area contributed by atoms with Crippen molar-refractivity contribution in [1.82, 2.24) is 15.2 Å². The number of amides is 1. The van der Waals surface area contributed by atoms with Gasteiger partial charge in [0, 0.05) is 44.3 Å². The highest BCUT2D eigenvalue weighted by molar-refractivity contribution is 7.91. The molecule has 0 atom stereocenters. The first-order chi connectivity index (χ1) is 11.5. The van der Waals surface area contributed by atoms with E-state index in [1.54, 1.807) is 0 Å². The average Bonchev–Trinajstić information content (AvgIpc) is 3.02. The predicted molar refractivity (Wildman–Crippen MR) is 94.7 cm³/mol. The number of hydrogen-bond acceptors (Lipinski definition) is 4. The zero-order valence-electron chi connectivity index (χ0n) is 13.6. The Morgan fingerprint density at radius 3 is 2.79 bits per heavy atom. The van der Waals surface area contributed by atoms with E-state index in [1.165, 1.54) is 0 Å². The molecule has 24 heavy (non-hydrogen) atoms. The molecule has 1 amide bonds. The van der Waals surface area contributed by atoms with Crippen molar-refractivity contribution in [2.45, 2.75) is 12.8 Å². The summed E-state index contributed by atoms with van der Waals surface area (Å²) in [4.78, 5) is 17.2. The van der Waals surface area contributed by atoms with Crippen LogP contribution >= 0.6 is 0 Å². The number of aromatic amines is 1. The van der Waals surface area contributed by atoms with Crippen LogP contribution in [0.5, 0.6) is 0 Å². The van der Waals surface area contributed by atoms with Crippen molar-refractivity contribution in [2.75, 3.05) is 37.7 Å². The van der Waals surface area contributed by atoms with Crippen LogP contribution in [0.1, 0.15) is 12.0 Å². The number of H-pyrrole nitrogens is 1. The minimum atomic E-state index is -2.84. The Morgan fingerprint density at radius 2 is 2.00 bits per heavy atom. The summed E-state index contributed by atoms with van der Waals surface area (Å²) in [6.45, 7) is 2.40. The lowest BCUT2D eigenvalue weighted by atomic mass is 10.1. The molecular weight excluding hydrogens is 326 g/mol. The Labute approximate surface area is 142 Å². The molecule has 1 aliphatic rings. The number of carbonyl (C=O) groups excluding carboxylic acids is 1. The molecule has 0 saturated carbocycles. The third-order valence-electron chi connectivity index (χ3n) is 4.45. The van der Waals surface area contributed by atoms with Gasteiger partial charge in [-0.1, -0.05) is 6.07 Å². The van der Waals surface area contributed by atoms with Gasteiger partial charge in [-0.3, -0.25) is 9.69 Å². The van der Waals surface area contributed by atoms with E-state index in [0.29, 0.717) is 32.6 Å². The van der Waals surface area contributed by atoms with Gasteiger partial charge in [-0.05, 0) is 35.6 Å². The zero-order valence-corrected chi connectivity index (χ0v) is 14.4. The Balaban J connectivity index is 1.37. The number of hydrogen-bond donors (Lipinski definition) is 2. The van der Waals surface area contributed by atoms with Crippen LogP contribution in [0.2, 0.25) is 0 Å². The fourth-order valence-corrected chi connectivity index (χ4v) is 4.21. The molecule has 0 radical (unpaired) electrons. The third-order valence-corrected chi connectivity index (χ3v) is 6.05. The Bertz CT molecular complexity index is 799. The van der Waals surface area contributed by atoms with Crippen molar-refractivity contribution in [1.29, 1.82) is 0 Å². The quantitative estimate of drug-likeness (QED) is 0.813. The van der Waals surface area contributed by atoms with Crippen LogP contribution in [-0.4, -0.2) is 61.9 Å². The van der Waals surface area contributed by atoms with E-state index in [2.05, 4.69) is 21.3 Å². The summed E-state index contributed by atoms with van der Waals surface area (Å²) in [5, 5.41) is 4.08. The second-order valence-corrected chi connectivity index (χ2v) is 8.55. The summed E-state index contributed by atoms with van der Waals surface area (Å²) in [6.07, 6.45) is 3.09. The molecule has 0 aliphatic carbocycles. The fourth-order valence-electron chi connectivity index (χ4n) is 2.93. The normalized spacial score (nSPS) is 17.8. The molecule has 2 N–H and O–H groups in total. The molecule has 3 rings (SSSR count). The molecule has 1 saturated heterocycles. The van der Waals surface area contributed by atoms with Crippen molar-refractivity contribution < 1.29 is 13.2 Å². The topological polar surface area (TPSA) is 82.3 Å². The molecule has 6 nitrogen and oxygen atoms in total. The average molecular weight is 349 g/mol. The lowest BCUT2D eigenvalue weighted by Gasteiger charge is -2.26. The van der Waals surface area contributed by atoms with Crippen LogP contribution in [0, 0.1) is 0 Å². The Kier molecular flexibility index (Phi) is 5.20. The number of rotatable bonds is 6. The number of fused-ring (bicyclic) bond motifs is 1. The number of sulfone groups is 1. The van der Waals surface area contributed by atoms with Crippen LogP contribution in [0.3, 0.4) is 0 Å². The summed E-state index contributed by atoms with van der Waals surface area (Å²) >= 11 is 0. The zero-order chi connectivity index (χ0) is 17.0. The second kappa shape index (κ2) is 7.36. The molecule has 1 aromatic heterocycles. The molecule has 130 valence electrons. The first-order valence-corrected chi connectivity index (χ1v) is 10.1. The molecule has 2 heterocycles. The molecule has 0 bridgehead atoms. The van der Waals surface area contributed by atoms with E-state index >= 15 is 0 Å². The van der Waals surface area contributed by atoms with Gasteiger partial charge in [0.15, 0.2) is 9.84 Å². The predicted octanol–water partition coefficient (Wildman–Crippen LogP) is 0.947. The molecule has 1 fully saturated rings. The molecular formula is C17H23N3O3S. The molecule has 7 heteroatoms. The first kappa shape index (κ1) is 17.0. The van der Waals surface area contributed by atoms with Crippen LogP contribution in [0.4, 0.5) is 0 Å². The minimum Gasteiger partial charge on any atom is -0.361 e. The van der Waals surface area contributed by atoms with Crippen LogP contribution < -0.4 is 5.32 Å². The number of nitrogens with one attached hydrogen (secondary N) is 2. The van der Waals surface area contributed by atoms with E-state index in [0.717, 1.165) is 22.9 Å². The highest BCUT2D eigenvalue weighted by atomic mass is 32.2. The summed E-state index contributed by atoms with van der Waals surface area (Å²) in [5.74, 6) is 0.485. The Morgan fingerprint density at radius 1 is 1.21 bits per heavy atom. The minimum absolute atomic E-state index is 0.0359. The number of nitrogens with zero attached hydrogens (tertiary/aromatic N) is 1. The summed E-state index contributed by atoms with van der Waals surface area (Å²) in [7, 11) is -2.84. The van der Waals surface area contributed by atoms with Crippen LogP contribution in [-0.2, 0) is 21.1 Å². The van der Waals surface area contributed by atoms with E-state index in [1.807, 2.05) is 24.4 Å². The van der Waals surface area contributed by atoms with E-state index < -0.39 is 9.84 Å². The largest absolute Gasteiger partial charge is 0.361 e. The van der Waals surface area contributed by atoms with Gasteiger partial charge >= 0.3 is 0 Å². The van der Waals surface area contributed by atoms with Crippen molar-refractivity contribution >= 4 is 26.6 Å². The highest BCUT2D eigenvalue weighted by Crippen LogP contribution is 2.15. The fraction of sp³-hybridized carbons (Fsp3) is 0.471. The van der Waals surface area contributed by atoms with Gasteiger partial charge in [0.2, 0.25) is 5.91 Å². The van der Waals surface area contributed by atoms with Crippen molar-refractivity contribution in [3.05, 3.63) is 36.0 Å². The van der Waals surface area contributed by atoms with Gasteiger partial charge in [0.1, 0.15) is 0 Å². The number of benzene rings is 1. The second-order valence-electron chi connectivity index (χ2n) is 6.24. The number of aryl methyl sites for hydroxylation is 1. The van der Waals surface area contributed by atoms with Crippen LogP contribution in [0.25, 0.3) is 10.9 Å². The molecule has 1 aromatic carbocycles. The monoisotopic (exact) mass is 349 g/mol. The maximum Gasteiger partial charge on any atom is 0.220 e. The van der Waals surface area contributed by atoms with Gasteiger partial charge in [0.05, 0.1) is 11.5 Å². The standard InChI is InChI=1S/C17H23N3O3S/c21-17(19-7-8-20-9-11-24(22,23)12-10-20)4-2-14-1-3-16-15(13-14)5-6-18-16/h1,3,5-6,13,18H,2,4,7-12H2,(H,19,21). The smallest absolute Gasteiger partial charge is 0.220 e. The molecule has 0 unspecified atom stereocenters. The first-order valence-electron chi connectivity index (χ1n) is 8.27. The van der Waals surface area contributed by atoms with Gasteiger partial charge in [0.25, 0.3) is 0 Å². The van der Waals surface area contributed by atoms with Gasteiger partial charge in [-0.15, -0.1) is 0 Å². The Hall–Kier alpha value is -1.86. The summed E-state index contributed by atoms with van der Waals surface area (Å²) in [5.41, 5.74) is 2.25. The van der Waals surface area contributed by atoms with Crippen molar-refractivity contribution in [3.63, 3.8) is 0 Å². The van der Waals surface area contributed by atoms with Crippen LogP contribution in [0.15, 0.2) is 30.5 Å². The maximum absolute atomic E-state index is 11.9. The van der Waals surface area contributed by atoms with E-state index in [-0.39, 0.29) is 17.4 Å². The lowest BCUT2D eigenvalue weighted by Crippen LogP contribution is -2.43. The van der Waals surface area contributed by atoms with Crippen molar-refractivity contribution in [3.8, 4) is 0 Å². The molecule has 1 aliphatic heterocycles. The number of aromatic nitrogens is 1. The van der Waals surface area contributed by atoms with Crippen molar-refractivity contribution in [2.24, 2.45) is 0 Å².